The predicted octanol–water partition coefficient (Wildman–Crippen LogP) is 2.80. The summed E-state index contributed by atoms with van der Waals surface area (Å²) in [5.74, 6) is -1.67. The number of ether oxygens (including phenoxy) is 1. The van der Waals surface area contributed by atoms with E-state index in [0.29, 0.717) is 24.6 Å². The Bertz CT molecular complexity index is 1100. The van der Waals surface area contributed by atoms with Crippen molar-refractivity contribution in [3.63, 3.8) is 0 Å². The Morgan fingerprint density at radius 1 is 1.06 bits per heavy atom. The number of carbonyl (C=O) groups excluding carboxylic acids is 4. The Kier molecular flexibility index (Phi) is 5.93. The highest BCUT2D eigenvalue weighted by molar-refractivity contribution is 6.08. The zero-order chi connectivity index (χ0) is 23.8. The number of rotatable bonds is 7. The summed E-state index contributed by atoms with van der Waals surface area (Å²) in [4.78, 5) is 51.7. The van der Waals surface area contributed by atoms with Gasteiger partial charge in [0.2, 0.25) is 11.8 Å². The zero-order valence-corrected chi connectivity index (χ0v) is 19.1. The summed E-state index contributed by atoms with van der Waals surface area (Å²) >= 11 is 0. The lowest BCUT2D eigenvalue weighted by molar-refractivity contribution is -0.159. The minimum absolute atomic E-state index is 0.303. The minimum Gasteiger partial charge on any atom is -0.454 e. The van der Waals surface area contributed by atoms with E-state index in [9.17, 15) is 19.2 Å². The van der Waals surface area contributed by atoms with E-state index in [4.69, 9.17) is 4.74 Å². The predicted molar refractivity (Wildman–Crippen MR) is 122 cm³/mol. The molecule has 0 bridgehead atoms. The fourth-order valence-corrected chi connectivity index (χ4v) is 4.94. The van der Waals surface area contributed by atoms with Gasteiger partial charge in [-0.05, 0) is 44.7 Å². The van der Waals surface area contributed by atoms with Crippen LogP contribution < -0.4 is 5.32 Å². The summed E-state index contributed by atoms with van der Waals surface area (Å²) in [7, 11) is 0. The highest BCUT2D eigenvalue weighted by atomic mass is 16.5. The van der Waals surface area contributed by atoms with Gasteiger partial charge in [0.25, 0.3) is 5.91 Å². The number of anilines is 1. The molecule has 1 aliphatic heterocycles. The molecule has 3 atom stereocenters. The number of aromatic nitrogens is 2. The average molecular weight is 465 g/mol. The lowest BCUT2D eigenvalue weighted by Crippen LogP contribution is -2.45. The number of likely N-dealkylation sites (tertiary alicyclic amines) is 1. The molecule has 5 rings (SSSR count). The van der Waals surface area contributed by atoms with Crippen LogP contribution in [0.1, 0.15) is 57.1 Å². The second-order valence-corrected chi connectivity index (χ2v) is 9.35. The molecule has 2 heterocycles. The van der Waals surface area contributed by atoms with Gasteiger partial charge >= 0.3 is 5.97 Å². The highest BCUT2D eigenvalue weighted by Crippen LogP contribution is 2.41. The highest BCUT2D eigenvalue weighted by Gasteiger charge is 2.51. The van der Waals surface area contributed by atoms with Gasteiger partial charge in [-0.2, -0.15) is 5.10 Å². The number of benzene rings is 1. The second kappa shape index (κ2) is 9.04. The van der Waals surface area contributed by atoms with Crippen LogP contribution in [0.3, 0.4) is 0 Å². The molecule has 0 radical (unpaired) electrons. The third-order valence-electron chi connectivity index (χ3n) is 6.94. The molecule has 1 N–H and O–H groups in total. The van der Waals surface area contributed by atoms with E-state index in [-0.39, 0.29) is 23.7 Å². The quantitative estimate of drug-likeness (QED) is 0.498. The molecule has 3 aliphatic rings. The van der Waals surface area contributed by atoms with Gasteiger partial charge in [0, 0.05) is 12.0 Å². The van der Waals surface area contributed by atoms with Gasteiger partial charge in [-0.15, -0.1) is 0 Å². The van der Waals surface area contributed by atoms with Crippen LogP contribution >= 0.6 is 0 Å². The molecule has 1 saturated heterocycles. The molecular formula is C25H28N4O5. The summed E-state index contributed by atoms with van der Waals surface area (Å²) in [6.07, 6.45) is 5.32. The maximum absolute atomic E-state index is 12.7. The standard InChI is InChI=1S/C25H28N4O5/c1-15(28-23(31)18-9-5-6-10-19(18)24(28)32)25(33)34-14-22(30)26-21-13-20(16-11-12-16)27-29(21)17-7-3-2-4-8-17/h2-4,7-8,13,15-16,18-19H,5-6,9-12,14H2,1H3,(H,26,30)/t15-,18?,19?/m0/s1. The van der Waals surface area contributed by atoms with Crippen molar-refractivity contribution in [3.8, 4) is 5.69 Å². The topological polar surface area (TPSA) is 111 Å². The first-order valence-corrected chi connectivity index (χ1v) is 11.9. The number of fused-ring (bicyclic) bond motifs is 1. The molecule has 2 unspecified atom stereocenters. The van der Waals surface area contributed by atoms with Gasteiger partial charge in [-0.3, -0.25) is 19.3 Å². The summed E-state index contributed by atoms with van der Waals surface area (Å²) < 4.78 is 6.85. The number of hydrogen-bond donors (Lipinski definition) is 1. The molecular weight excluding hydrogens is 436 g/mol. The monoisotopic (exact) mass is 464 g/mol. The molecule has 2 saturated carbocycles. The smallest absolute Gasteiger partial charge is 0.329 e. The molecule has 3 amide bonds. The van der Waals surface area contributed by atoms with Crippen molar-refractivity contribution in [3.05, 3.63) is 42.1 Å². The molecule has 9 nitrogen and oxygen atoms in total. The van der Waals surface area contributed by atoms with Crippen molar-refractivity contribution in [2.45, 2.75) is 57.4 Å². The Hall–Kier alpha value is -3.49. The molecule has 1 aromatic carbocycles. The fourth-order valence-electron chi connectivity index (χ4n) is 4.94. The van der Waals surface area contributed by atoms with Crippen molar-refractivity contribution in [1.29, 1.82) is 0 Å². The number of hydrogen-bond acceptors (Lipinski definition) is 6. The van der Waals surface area contributed by atoms with Crippen LogP contribution in [-0.2, 0) is 23.9 Å². The van der Waals surface area contributed by atoms with E-state index >= 15 is 0 Å². The van der Waals surface area contributed by atoms with Crippen LogP contribution in [0.4, 0.5) is 5.82 Å². The Labute approximate surface area is 197 Å². The number of amides is 3. The molecule has 178 valence electrons. The first-order valence-electron chi connectivity index (χ1n) is 11.9. The summed E-state index contributed by atoms with van der Waals surface area (Å²) in [5, 5.41) is 7.41. The Morgan fingerprint density at radius 2 is 1.71 bits per heavy atom. The van der Waals surface area contributed by atoms with Crippen LogP contribution in [0.5, 0.6) is 0 Å². The van der Waals surface area contributed by atoms with Crippen molar-refractivity contribution < 1.29 is 23.9 Å². The Balaban J connectivity index is 1.22. The van der Waals surface area contributed by atoms with Crippen molar-refractivity contribution in [2.24, 2.45) is 11.8 Å². The van der Waals surface area contributed by atoms with Crippen LogP contribution in [0.2, 0.25) is 0 Å². The van der Waals surface area contributed by atoms with E-state index in [2.05, 4.69) is 10.4 Å². The third kappa shape index (κ3) is 4.22. The number of imide groups is 1. The van der Waals surface area contributed by atoms with Gasteiger partial charge in [-0.1, -0.05) is 31.0 Å². The normalized spacial score (nSPS) is 22.9. The molecule has 2 aromatic rings. The van der Waals surface area contributed by atoms with Crippen molar-refractivity contribution >= 4 is 29.5 Å². The van der Waals surface area contributed by atoms with Gasteiger partial charge < -0.3 is 10.1 Å². The van der Waals surface area contributed by atoms with Crippen molar-refractivity contribution in [2.75, 3.05) is 11.9 Å². The summed E-state index contributed by atoms with van der Waals surface area (Å²) in [6.45, 7) is 0.949. The average Bonchev–Trinajstić information content (AvgIpc) is 3.57. The second-order valence-electron chi connectivity index (χ2n) is 9.35. The van der Waals surface area contributed by atoms with Crippen molar-refractivity contribution in [1.82, 2.24) is 14.7 Å². The van der Waals surface area contributed by atoms with Crippen LogP contribution in [-0.4, -0.2) is 51.0 Å². The number of para-hydroxylation sites is 1. The van der Waals surface area contributed by atoms with E-state index < -0.39 is 24.5 Å². The largest absolute Gasteiger partial charge is 0.454 e. The summed E-state index contributed by atoms with van der Waals surface area (Å²) in [5.41, 5.74) is 1.72. The fraction of sp³-hybridized carbons (Fsp3) is 0.480. The molecule has 3 fully saturated rings. The van der Waals surface area contributed by atoms with E-state index in [1.54, 1.807) is 4.68 Å². The molecule has 1 aromatic heterocycles. The lowest BCUT2D eigenvalue weighted by Gasteiger charge is -2.21. The first kappa shape index (κ1) is 22.3. The lowest BCUT2D eigenvalue weighted by atomic mass is 9.81. The number of carbonyl (C=O) groups is 4. The van der Waals surface area contributed by atoms with E-state index in [0.717, 1.165) is 42.0 Å². The van der Waals surface area contributed by atoms with E-state index in [1.165, 1.54) is 6.92 Å². The molecule has 0 spiro atoms. The van der Waals surface area contributed by atoms with Crippen LogP contribution in [0.25, 0.3) is 5.69 Å². The maximum atomic E-state index is 12.7. The number of nitrogens with zero attached hydrogens (tertiary/aromatic N) is 3. The molecule has 2 aliphatic carbocycles. The van der Waals surface area contributed by atoms with Gasteiger partial charge in [0.15, 0.2) is 6.61 Å². The van der Waals surface area contributed by atoms with Crippen LogP contribution in [0.15, 0.2) is 36.4 Å². The van der Waals surface area contributed by atoms with Gasteiger partial charge in [-0.25, -0.2) is 9.48 Å². The number of esters is 1. The minimum atomic E-state index is -1.06. The zero-order valence-electron chi connectivity index (χ0n) is 19.1. The first-order chi connectivity index (χ1) is 16.4. The molecule has 9 heteroatoms. The maximum Gasteiger partial charge on any atom is 0.329 e. The summed E-state index contributed by atoms with van der Waals surface area (Å²) in [6, 6.07) is 10.2. The van der Waals surface area contributed by atoms with E-state index in [1.807, 2.05) is 36.4 Å². The molecule has 34 heavy (non-hydrogen) atoms. The third-order valence-corrected chi connectivity index (χ3v) is 6.94. The number of nitrogens with one attached hydrogen (secondary N) is 1. The SMILES string of the molecule is C[C@@H](C(=O)OCC(=O)Nc1cc(C2CC2)nn1-c1ccccc1)N1C(=O)C2CCCCC2C1=O. The Morgan fingerprint density at radius 3 is 2.32 bits per heavy atom. The van der Waals surface area contributed by atoms with Gasteiger partial charge in [0.1, 0.15) is 11.9 Å². The van der Waals surface area contributed by atoms with Gasteiger partial charge in [0.05, 0.1) is 23.2 Å². The van der Waals surface area contributed by atoms with Crippen LogP contribution in [0, 0.1) is 11.8 Å².